The predicted octanol–water partition coefficient (Wildman–Crippen LogP) is 3.00. The molecule has 25 heavy (non-hydrogen) atoms. The zero-order valence-electron chi connectivity index (χ0n) is 14.4. The molecule has 1 amide bonds. The van der Waals surface area contributed by atoms with Crippen LogP contribution in [-0.4, -0.2) is 49.6 Å². The third-order valence-corrected chi connectivity index (χ3v) is 4.28. The minimum absolute atomic E-state index is 0. The summed E-state index contributed by atoms with van der Waals surface area (Å²) < 4.78 is 36.8. The molecule has 0 aliphatic rings. The van der Waals surface area contributed by atoms with Gasteiger partial charge in [0.15, 0.2) is 5.96 Å². The summed E-state index contributed by atoms with van der Waals surface area (Å²) in [4.78, 5) is 18.8. The normalized spacial score (nSPS) is 11.7. The van der Waals surface area contributed by atoms with Crippen LogP contribution in [0.4, 0.5) is 13.2 Å². The predicted molar refractivity (Wildman–Crippen MR) is 106 cm³/mol. The zero-order valence-corrected chi connectivity index (χ0v) is 17.6. The van der Waals surface area contributed by atoms with E-state index in [1.807, 2.05) is 13.0 Å². The zero-order chi connectivity index (χ0) is 18.2. The summed E-state index contributed by atoms with van der Waals surface area (Å²) in [5, 5.41) is 6.04. The molecule has 1 aromatic heterocycles. The minimum atomic E-state index is -4.41. The van der Waals surface area contributed by atoms with Gasteiger partial charge in [0.1, 0.15) is 13.1 Å². The standard InChI is InChI=1S/C15H23F3N4OS.HI/c1-4-11-6-7-12(24-11)8-20-14(19-5-2)21-9-13(23)22(3)10-15(16,17)18;/h6-7H,4-5,8-10H2,1-3H3,(H2,19,20,21);1H. The van der Waals surface area contributed by atoms with Gasteiger partial charge in [0, 0.05) is 23.3 Å². The molecule has 0 fully saturated rings. The van der Waals surface area contributed by atoms with Crippen molar-refractivity contribution in [2.45, 2.75) is 33.0 Å². The van der Waals surface area contributed by atoms with Gasteiger partial charge in [-0.25, -0.2) is 4.99 Å². The van der Waals surface area contributed by atoms with Crippen LogP contribution in [0, 0.1) is 0 Å². The first-order valence-corrected chi connectivity index (χ1v) is 8.47. The Labute approximate surface area is 167 Å². The van der Waals surface area contributed by atoms with E-state index in [1.165, 1.54) is 4.88 Å². The molecule has 5 nitrogen and oxygen atoms in total. The highest BCUT2D eigenvalue weighted by molar-refractivity contribution is 14.0. The molecule has 1 heterocycles. The first-order chi connectivity index (χ1) is 11.2. The summed E-state index contributed by atoms with van der Waals surface area (Å²) in [7, 11) is 1.11. The SMILES string of the molecule is CCNC(=NCC(=O)N(C)CC(F)(F)F)NCc1ccc(CC)s1.I. The summed E-state index contributed by atoms with van der Waals surface area (Å²) in [6.07, 6.45) is -3.44. The maximum absolute atomic E-state index is 12.3. The van der Waals surface area contributed by atoms with Gasteiger partial charge in [-0.3, -0.25) is 4.79 Å². The fraction of sp³-hybridized carbons (Fsp3) is 0.600. The number of hydrogen-bond acceptors (Lipinski definition) is 3. The molecule has 1 aromatic rings. The van der Waals surface area contributed by atoms with Crippen molar-refractivity contribution in [3.8, 4) is 0 Å². The van der Waals surface area contributed by atoms with Gasteiger partial charge in [0.25, 0.3) is 0 Å². The first kappa shape index (κ1) is 24.0. The van der Waals surface area contributed by atoms with Crippen molar-refractivity contribution < 1.29 is 18.0 Å². The number of carbonyl (C=O) groups excluding carboxylic acids is 1. The van der Waals surface area contributed by atoms with E-state index in [-0.39, 0.29) is 30.5 Å². The molecule has 1 rings (SSSR count). The fourth-order valence-corrected chi connectivity index (χ4v) is 2.74. The van der Waals surface area contributed by atoms with Gasteiger partial charge in [0.05, 0.1) is 6.54 Å². The van der Waals surface area contributed by atoms with Crippen molar-refractivity contribution in [3.63, 3.8) is 0 Å². The van der Waals surface area contributed by atoms with Gasteiger partial charge in [-0.15, -0.1) is 35.3 Å². The Morgan fingerprint density at radius 1 is 1.24 bits per heavy atom. The smallest absolute Gasteiger partial charge is 0.357 e. The monoisotopic (exact) mass is 492 g/mol. The summed E-state index contributed by atoms with van der Waals surface area (Å²) in [6.45, 7) is 3.46. The molecule has 0 spiro atoms. The topological polar surface area (TPSA) is 56.7 Å². The number of amides is 1. The van der Waals surface area contributed by atoms with Crippen LogP contribution in [0.25, 0.3) is 0 Å². The number of alkyl halides is 3. The summed E-state index contributed by atoms with van der Waals surface area (Å²) in [5.74, 6) is -0.286. The van der Waals surface area contributed by atoms with Crippen molar-refractivity contribution in [1.82, 2.24) is 15.5 Å². The van der Waals surface area contributed by atoms with Crippen molar-refractivity contribution in [1.29, 1.82) is 0 Å². The maximum Gasteiger partial charge on any atom is 0.406 e. The van der Waals surface area contributed by atoms with Gasteiger partial charge in [-0.1, -0.05) is 6.92 Å². The Kier molecular flexibility index (Phi) is 11.1. The molecule has 0 saturated carbocycles. The van der Waals surface area contributed by atoms with E-state index < -0.39 is 18.6 Å². The molecule has 0 radical (unpaired) electrons. The number of halogens is 4. The number of carbonyl (C=O) groups is 1. The lowest BCUT2D eigenvalue weighted by molar-refractivity contribution is -0.157. The van der Waals surface area contributed by atoms with Crippen LogP contribution < -0.4 is 10.6 Å². The Balaban J connectivity index is 0.00000576. The highest BCUT2D eigenvalue weighted by atomic mass is 127. The minimum Gasteiger partial charge on any atom is -0.357 e. The number of nitrogens with zero attached hydrogens (tertiary/aromatic N) is 2. The van der Waals surface area contributed by atoms with Gasteiger partial charge >= 0.3 is 6.18 Å². The van der Waals surface area contributed by atoms with Crippen molar-refractivity contribution in [2.75, 3.05) is 26.7 Å². The summed E-state index contributed by atoms with van der Waals surface area (Å²) >= 11 is 1.68. The third-order valence-electron chi connectivity index (χ3n) is 3.05. The fourth-order valence-electron chi connectivity index (χ4n) is 1.84. The largest absolute Gasteiger partial charge is 0.406 e. The van der Waals surface area contributed by atoms with E-state index in [9.17, 15) is 18.0 Å². The molecule has 144 valence electrons. The van der Waals surface area contributed by atoms with E-state index in [1.54, 1.807) is 11.3 Å². The van der Waals surface area contributed by atoms with Crippen LogP contribution in [0.5, 0.6) is 0 Å². The van der Waals surface area contributed by atoms with Gasteiger partial charge in [-0.2, -0.15) is 13.2 Å². The van der Waals surface area contributed by atoms with Gasteiger partial charge in [0.2, 0.25) is 5.91 Å². The molecule has 2 N–H and O–H groups in total. The Bertz CT molecular complexity index is 563. The number of aryl methyl sites for hydroxylation is 1. The quantitative estimate of drug-likeness (QED) is 0.350. The van der Waals surface area contributed by atoms with Crippen LogP contribution in [0.15, 0.2) is 17.1 Å². The Morgan fingerprint density at radius 2 is 1.88 bits per heavy atom. The van der Waals surface area contributed by atoms with Gasteiger partial charge < -0.3 is 15.5 Å². The van der Waals surface area contributed by atoms with Crippen LogP contribution >= 0.6 is 35.3 Å². The lowest BCUT2D eigenvalue weighted by atomic mass is 10.4. The second kappa shape index (κ2) is 11.6. The number of likely N-dealkylation sites (N-methyl/N-ethyl adjacent to an activating group) is 1. The first-order valence-electron chi connectivity index (χ1n) is 7.65. The number of guanidine groups is 1. The van der Waals surface area contributed by atoms with Crippen molar-refractivity contribution >= 4 is 47.2 Å². The average molecular weight is 492 g/mol. The maximum atomic E-state index is 12.3. The number of aliphatic imine (C=N–C) groups is 1. The van der Waals surface area contributed by atoms with Crippen molar-refractivity contribution in [3.05, 3.63) is 21.9 Å². The molecular formula is C15H24F3IN4OS. The molecule has 0 aliphatic heterocycles. The number of nitrogens with one attached hydrogen (secondary N) is 2. The number of hydrogen-bond donors (Lipinski definition) is 2. The van der Waals surface area contributed by atoms with Crippen LogP contribution in [0.1, 0.15) is 23.6 Å². The molecular weight excluding hydrogens is 468 g/mol. The molecule has 0 aliphatic carbocycles. The van der Waals surface area contributed by atoms with E-state index in [2.05, 4.69) is 28.6 Å². The summed E-state index contributed by atoms with van der Waals surface area (Å²) in [5.41, 5.74) is 0. The lowest BCUT2D eigenvalue weighted by Crippen LogP contribution is -2.40. The Hall–Kier alpha value is -1.04. The van der Waals surface area contributed by atoms with E-state index in [0.717, 1.165) is 18.3 Å². The van der Waals surface area contributed by atoms with Crippen molar-refractivity contribution in [2.24, 2.45) is 4.99 Å². The average Bonchev–Trinajstić information content (AvgIpc) is 2.96. The highest BCUT2D eigenvalue weighted by Crippen LogP contribution is 2.16. The molecule has 0 unspecified atom stereocenters. The van der Waals surface area contributed by atoms with E-state index >= 15 is 0 Å². The number of thiophene rings is 1. The van der Waals surface area contributed by atoms with Crippen LogP contribution in [-0.2, 0) is 17.8 Å². The van der Waals surface area contributed by atoms with Crippen LogP contribution in [0.3, 0.4) is 0 Å². The molecule has 0 atom stereocenters. The van der Waals surface area contributed by atoms with Crippen LogP contribution in [0.2, 0.25) is 0 Å². The van der Waals surface area contributed by atoms with E-state index in [4.69, 9.17) is 0 Å². The molecule has 0 aromatic carbocycles. The van der Waals surface area contributed by atoms with Gasteiger partial charge in [-0.05, 0) is 25.5 Å². The molecule has 0 saturated heterocycles. The molecule has 10 heteroatoms. The highest BCUT2D eigenvalue weighted by Gasteiger charge is 2.30. The third kappa shape index (κ3) is 9.88. The second-order valence-electron chi connectivity index (χ2n) is 5.14. The second-order valence-corrected chi connectivity index (χ2v) is 6.39. The van der Waals surface area contributed by atoms with E-state index in [0.29, 0.717) is 23.9 Å². The lowest BCUT2D eigenvalue weighted by Gasteiger charge is -2.18. The number of rotatable bonds is 7. The Morgan fingerprint density at radius 3 is 2.40 bits per heavy atom. The molecule has 0 bridgehead atoms. The summed E-state index contributed by atoms with van der Waals surface area (Å²) in [6, 6.07) is 4.07.